The zero-order valence-electron chi connectivity index (χ0n) is 22.5. The topological polar surface area (TPSA) is 90.5 Å². The minimum Gasteiger partial charge on any atom is -0.354 e. The Balaban J connectivity index is 1.44. The van der Waals surface area contributed by atoms with E-state index >= 15 is 0 Å². The van der Waals surface area contributed by atoms with Crippen LogP contribution in [0.2, 0.25) is 0 Å². The summed E-state index contributed by atoms with van der Waals surface area (Å²) in [5.74, 6) is -0.297. The molecular weight excluding hydrogens is 520 g/mol. The predicted molar refractivity (Wildman–Crippen MR) is 163 cm³/mol. The molecule has 1 aliphatic rings. The molecule has 0 spiro atoms. The molecule has 0 atom stereocenters. The number of nitrogens with one attached hydrogen (secondary N) is 3. The summed E-state index contributed by atoms with van der Waals surface area (Å²) in [5, 5.41) is 6.39. The van der Waals surface area contributed by atoms with Gasteiger partial charge in [0, 0.05) is 35.7 Å². The predicted octanol–water partition coefficient (Wildman–Crippen LogP) is 6.01. The number of rotatable bonds is 10. The van der Waals surface area contributed by atoms with E-state index in [-0.39, 0.29) is 11.7 Å². The molecule has 0 radical (unpaired) electrons. The Hall–Kier alpha value is -4.40. The van der Waals surface area contributed by atoms with E-state index in [1.54, 1.807) is 25.1 Å². The highest BCUT2D eigenvalue weighted by atomic mass is 32.2. The molecule has 1 aliphatic heterocycles. The van der Waals surface area contributed by atoms with Crippen LogP contribution in [0.4, 0.5) is 17.1 Å². The first kappa shape index (κ1) is 27.2. The summed E-state index contributed by atoms with van der Waals surface area (Å²) in [4.78, 5) is 15.5. The molecule has 4 aromatic carbocycles. The third kappa shape index (κ3) is 6.42. The number of amides is 1. The van der Waals surface area contributed by atoms with Crippen molar-refractivity contribution in [3.05, 3.63) is 125 Å². The van der Waals surface area contributed by atoms with Gasteiger partial charge in [-0.25, -0.2) is 8.42 Å². The summed E-state index contributed by atoms with van der Waals surface area (Å²) in [6.07, 6.45) is 0. The van der Waals surface area contributed by atoms with Gasteiger partial charge >= 0.3 is 0 Å². The van der Waals surface area contributed by atoms with Crippen LogP contribution in [0.5, 0.6) is 0 Å². The van der Waals surface area contributed by atoms with E-state index in [1.807, 2.05) is 48.5 Å². The first-order chi connectivity index (χ1) is 19.3. The van der Waals surface area contributed by atoms with Gasteiger partial charge in [-0.05, 0) is 61.0 Å². The summed E-state index contributed by atoms with van der Waals surface area (Å²) in [5.41, 5.74) is 6.88. The third-order valence-electron chi connectivity index (χ3n) is 6.70. The number of hydrogen-bond acceptors (Lipinski definition) is 5. The van der Waals surface area contributed by atoms with Crippen molar-refractivity contribution in [2.75, 3.05) is 28.2 Å². The maximum atomic E-state index is 13.3. The Bertz CT molecular complexity index is 1640. The number of carbonyl (C=O) groups excluding carboxylic acids is 1. The number of fused-ring (bicyclic) bond motifs is 1. The molecule has 0 aliphatic carbocycles. The monoisotopic (exact) mass is 552 g/mol. The Kier molecular flexibility index (Phi) is 8.00. The van der Waals surface area contributed by atoms with Crippen LogP contribution in [0.15, 0.2) is 103 Å². The second kappa shape index (κ2) is 11.8. The minimum atomic E-state index is -3.46. The molecule has 1 heterocycles. The van der Waals surface area contributed by atoms with Crippen molar-refractivity contribution in [2.24, 2.45) is 0 Å². The number of benzene rings is 4. The summed E-state index contributed by atoms with van der Waals surface area (Å²) in [6, 6.07) is 33.3. The molecule has 8 heteroatoms. The molecule has 0 saturated heterocycles. The van der Waals surface area contributed by atoms with Gasteiger partial charge < -0.3 is 10.6 Å². The largest absolute Gasteiger partial charge is 0.354 e. The lowest BCUT2D eigenvalue weighted by Gasteiger charge is -2.18. The van der Waals surface area contributed by atoms with Crippen LogP contribution in [0, 0.1) is 0 Å². The molecule has 0 saturated carbocycles. The molecule has 0 fully saturated rings. The molecule has 7 nitrogen and oxygen atoms in total. The molecule has 0 aromatic heterocycles. The fourth-order valence-electron chi connectivity index (χ4n) is 4.71. The molecule has 4 aromatic rings. The maximum Gasteiger partial charge on any atom is 0.258 e. The van der Waals surface area contributed by atoms with Crippen molar-refractivity contribution in [1.82, 2.24) is 4.90 Å². The second-order valence-electron chi connectivity index (χ2n) is 9.82. The standard InChI is InChI=1S/C32H32N4O3S/c1-3-40(38,39)35-27-18-19-29-28(20-27)30(32(37)34-29)31(25-12-8-5-9-13-25)33-26-16-14-24(15-17-26)22-36(2)21-23-10-6-4-7-11-23/h4-20,33,35H,3,21-22H2,1-2H3,(H,34,37)/b31-30-. The Morgan fingerprint density at radius 1 is 0.800 bits per heavy atom. The first-order valence-corrected chi connectivity index (χ1v) is 14.8. The average Bonchev–Trinajstić information content (AvgIpc) is 3.28. The van der Waals surface area contributed by atoms with Crippen molar-refractivity contribution in [3.63, 3.8) is 0 Å². The molecule has 204 valence electrons. The lowest BCUT2D eigenvalue weighted by molar-refractivity contribution is -0.110. The van der Waals surface area contributed by atoms with Crippen LogP contribution in [0.3, 0.4) is 0 Å². The molecule has 5 rings (SSSR count). The minimum absolute atomic E-state index is 0.0428. The van der Waals surface area contributed by atoms with Gasteiger partial charge in [0.2, 0.25) is 10.0 Å². The van der Waals surface area contributed by atoms with Gasteiger partial charge in [-0.1, -0.05) is 72.8 Å². The van der Waals surface area contributed by atoms with Crippen molar-refractivity contribution in [1.29, 1.82) is 0 Å². The van der Waals surface area contributed by atoms with Gasteiger partial charge in [-0.15, -0.1) is 0 Å². The van der Waals surface area contributed by atoms with E-state index in [1.165, 1.54) is 11.1 Å². The molecule has 3 N–H and O–H groups in total. The Morgan fingerprint density at radius 3 is 2.05 bits per heavy atom. The van der Waals surface area contributed by atoms with E-state index in [2.05, 4.69) is 63.7 Å². The number of nitrogens with zero attached hydrogens (tertiary/aromatic N) is 1. The van der Waals surface area contributed by atoms with Crippen molar-refractivity contribution >= 4 is 44.3 Å². The van der Waals surface area contributed by atoms with Crippen LogP contribution in [0.25, 0.3) is 11.3 Å². The van der Waals surface area contributed by atoms with E-state index < -0.39 is 10.0 Å². The highest BCUT2D eigenvalue weighted by molar-refractivity contribution is 7.92. The molecule has 0 unspecified atom stereocenters. The fraction of sp³-hybridized carbons (Fsp3) is 0.156. The van der Waals surface area contributed by atoms with Gasteiger partial charge in [0.25, 0.3) is 5.91 Å². The van der Waals surface area contributed by atoms with Gasteiger partial charge in [-0.3, -0.25) is 14.4 Å². The number of hydrogen-bond donors (Lipinski definition) is 3. The normalized spacial score (nSPS) is 14.0. The lowest BCUT2D eigenvalue weighted by Crippen LogP contribution is -2.17. The summed E-state index contributed by atoms with van der Waals surface area (Å²) >= 11 is 0. The van der Waals surface area contributed by atoms with Crippen molar-refractivity contribution in [2.45, 2.75) is 20.0 Å². The van der Waals surface area contributed by atoms with Crippen LogP contribution < -0.4 is 15.4 Å². The average molecular weight is 553 g/mol. The van der Waals surface area contributed by atoms with Crippen LogP contribution >= 0.6 is 0 Å². The highest BCUT2D eigenvalue weighted by Gasteiger charge is 2.29. The zero-order chi connectivity index (χ0) is 28.1. The number of anilines is 3. The fourth-order valence-corrected chi connectivity index (χ4v) is 5.35. The molecule has 40 heavy (non-hydrogen) atoms. The quantitative estimate of drug-likeness (QED) is 0.210. The Labute approximate surface area is 235 Å². The van der Waals surface area contributed by atoms with Crippen molar-refractivity contribution in [3.8, 4) is 0 Å². The smallest absolute Gasteiger partial charge is 0.258 e. The Morgan fingerprint density at radius 2 is 1.40 bits per heavy atom. The van der Waals surface area contributed by atoms with Crippen molar-refractivity contribution < 1.29 is 13.2 Å². The highest BCUT2D eigenvalue weighted by Crippen LogP contribution is 2.39. The maximum absolute atomic E-state index is 13.3. The SMILES string of the molecule is CCS(=O)(=O)Nc1ccc2c(c1)/C(=C(/Nc1ccc(CN(C)Cc3ccccc3)cc1)c1ccccc1)C(=O)N2. The van der Waals surface area contributed by atoms with Gasteiger partial charge in [0.1, 0.15) is 0 Å². The van der Waals surface area contributed by atoms with E-state index in [0.29, 0.717) is 28.2 Å². The summed E-state index contributed by atoms with van der Waals surface area (Å²) in [7, 11) is -1.36. The van der Waals surface area contributed by atoms with Gasteiger partial charge in [-0.2, -0.15) is 0 Å². The summed E-state index contributed by atoms with van der Waals surface area (Å²) < 4.78 is 26.9. The zero-order valence-corrected chi connectivity index (χ0v) is 23.3. The molecular formula is C32H32N4O3S. The van der Waals surface area contributed by atoms with E-state index in [0.717, 1.165) is 24.3 Å². The van der Waals surface area contributed by atoms with Crippen LogP contribution in [-0.4, -0.2) is 32.0 Å². The van der Waals surface area contributed by atoms with E-state index in [9.17, 15) is 13.2 Å². The third-order valence-corrected chi connectivity index (χ3v) is 8.01. The molecule has 0 bridgehead atoms. The number of sulfonamides is 1. The van der Waals surface area contributed by atoms with Gasteiger partial charge in [0.15, 0.2) is 0 Å². The second-order valence-corrected chi connectivity index (χ2v) is 11.8. The lowest BCUT2D eigenvalue weighted by atomic mass is 9.99. The summed E-state index contributed by atoms with van der Waals surface area (Å²) in [6.45, 7) is 3.24. The van der Waals surface area contributed by atoms with Crippen LogP contribution in [0.1, 0.15) is 29.2 Å². The van der Waals surface area contributed by atoms with Gasteiger partial charge in [0.05, 0.1) is 17.0 Å². The van der Waals surface area contributed by atoms with Crippen LogP contribution in [-0.2, 0) is 27.9 Å². The molecule has 1 amide bonds. The number of carbonyl (C=O) groups is 1. The van der Waals surface area contributed by atoms with E-state index in [4.69, 9.17) is 0 Å². The first-order valence-electron chi connectivity index (χ1n) is 13.2.